The van der Waals surface area contributed by atoms with Gasteiger partial charge in [0.25, 0.3) is 0 Å². The molecule has 0 bridgehead atoms. The highest BCUT2D eigenvalue weighted by molar-refractivity contribution is 5.50. The summed E-state index contributed by atoms with van der Waals surface area (Å²) >= 11 is 0. The number of nitrogens with zero attached hydrogens (tertiary/aromatic N) is 3. The summed E-state index contributed by atoms with van der Waals surface area (Å²) in [4.78, 5) is 7.83. The number of halogens is 1. The Labute approximate surface area is 81.2 Å². The molecule has 3 nitrogen and oxygen atoms in total. The van der Waals surface area contributed by atoms with Gasteiger partial charge < -0.3 is 4.57 Å². The third-order valence-electron chi connectivity index (χ3n) is 2.22. The number of aromatic nitrogens is 3. The van der Waals surface area contributed by atoms with Crippen molar-refractivity contribution in [3.63, 3.8) is 0 Å². The molecule has 72 valence electrons. The first-order chi connectivity index (χ1) is 6.68. The Bertz CT molecular complexity index is 445. The quantitative estimate of drug-likeness (QED) is 0.689. The van der Waals surface area contributed by atoms with Crippen molar-refractivity contribution in [3.05, 3.63) is 36.0 Å². The van der Waals surface area contributed by atoms with E-state index < -0.39 is 5.82 Å². The average Bonchev–Trinajstić information content (AvgIpc) is 2.50. The Hall–Kier alpha value is -1.71. The van der Waals surface area contributed by atoms with Crippen molar-refractivity contribution in [1.82, 2.24) is 14.5 Å². The van der Waals surface area contributed by atoms with E-state index in [-0.39, 0.29) is 0 Å². The Kier molecular flexibility index (Phi) is 2.04. The van der Waals surface area contributed by atoms with E-state index in [9.17, 15) is 4.39 Å². The largest absolute Gasteiger partial charge is 0.345 e. The number of aryl methyl sites for hydroxylation is 1. The van der Waals surface area contributed by atoms with E-state index >= 15 is 0 Å². The van der Waals surface area contributed by atoms with E-state index in [1.54, 1.807) is 0 Å². The molecular weight excluding hydrogens is 181 g/mol. The van der Waals surface area contributed by atoms with Crippen LogP contribution in [0.1, 0.15) is 5.69 Å². The van der Waals surface area contributed by atoms with Crippen LogP contribution in [0.5, 0.6) is 0 Å². The van der Waals surface area contributed by atoms with Crippen LogP contribution in [-0.2, 0) is 7.05 Å². The molecule has 0 N–H and O–H groups in total. The summed E-state index contributed by atoms with van der Waals surface area (Å²) in [7, 11) is 1.93. The smallest absolute Gasteiger partial charge is 0.176 e. The van der Waals surface area contributed by atoms with Crippen LogP contribution in [0.4, 0.5) is 4.39 Å². The second kappa shape index (κ2) is 3.21. The standard InChI is InChI=1S/C10H10FN3/c1-7-3-4-9(14(7)2)10-12-5-8(11)6-13-10/h3-6H,1-2H3. The molecule has 4 heteroatoms. The van der Waals surface area contributed by atoms with Gasteiger partial charge in [0, 0.05) is 12.7 Å². The van der Waals surface area contributed by atoms with Crippen LogP contribution in [0.25, 0.3) is 11.5 Å². The van der Waals surface area contributed by atoms with Gasteiger partial charge in [-0.25, -0.2) is 14.4 Å². The SMILES string of the molecule is Cc1ccc(-c2ncc(F)cn2)n1C. The fourth-order valence-corrected chi connectivity index (χ4v) is 1.28. The van der Waals surface area contributed by atoms with Crippen molar-refractivity contribution in [2.24, 2.45) is 7.05 Å². The first-order valence-electron chi connectivity index (χ1n) is 4.29. The Morgan fingerprint density at radius 1 is 1.21 bits per heavy atom. The zero-order valence-electron chi connectivity index (χ0n) is 8.03. The van der Waals surface area contributed by atoms with Crippen LogP contribution >= 0.6 is 0 Å². The van der Waals surface area contributed by atoms with Crippen molar-refractivity contribution < 1.29 is 4.39 Å². The maximum Gasteiger partial charge on any atom is 0.176 e. The van der Waals surface area contributed by atoms with Gasteiger partial charge in [-0.05, 0) is 19.1 Å². The molecule has 0 spiro atoms. The lowest BCUT2D eigenvalue weighted by atomic mass is 10.4. The van der Waals surface area contributed by atoms with Gasteiger partial charge in [-0.15, -0.1) is 0 Å². The van der Waals surface area contributed by atoms with Crippen LogP contribution in [-0.4, -0.2) is 14.5 Å². The minimum atomic E-state index is -0.417. The predicted molar refractivity (Wildman–Crippen MR) is 51.1 cm³/mol. The zero-order valence-corrected chi connectivity index (χ0v) is 8.03. The van der Waals surface area contributed by atoms with Gasteiger partial charge in [0.2, 0.25) is 0 Å². The molecule has 0 aliphatic heterocycles. The summed E-state index contributed by atoms with van der Waals surface area (Å²) in [6.07, 6.45) is 2.34. The third-order valence-corrected chi connectivity index (χ3v) is 2.22. The van der Waals surface area contributed by atoms with Gasteiger partial charge in [-0.2, -0.15) is 0 Å². The van der Waals surface area contributed by atoms with E-state index in [1.165, 1.54) is 12.4 Å². The molecule has 0 unspecified atom stereocenters. The van der Waals surface area contributed by atoms with Crippen LogP contribution in [0.3, 0.4) is 0 Å². The lowest BCUT2D eigenvalue weighted by Gasteiger charge is -2.02. The number of hydrogen-bond acceptors (Lipinski definition) is 2. The van der Waals surface area contributed by atoms with E-state index in [0.717, 1.165) is 11.4 Å². The summed E-state index contributed by atoms with van der Waals surface area (Å²) in [5.41, 5.74) is 2.01. The van der Waals surface area contributed by atoms with E-state index in [2.05, 4.69) is 9.97 Å². The zero-order chi connectivity index (χ0) is 10.1. The van der Waals surface area contributed by atoms with Crippen LogP contribution in [0.2, 0.25) is 0 Å². The van der Waals surface area contributed by atoms with Gasteiger partial charge in [0.05, 0.1) is 18.1 Å². The summed E-state index contributed by atoms with van der Waals surface area (Å²) in [6.45, 7) is 1.99. The van der Waals surface area contributed by atoms with Crippen LogP contribution in [0, 0.1) is 12.7 Å². The molecular formula is C10H10FN3. The Morgan fingerprint density at radius 2 is 1.86 bits per heavy atom. The molecule has 0 atom stereocenters. The lowest BCUT2D eigenvalue weighted by Crippen LogP contribution is -1.97. The van der Waals surface area contributed by atoms with E-state index in [4.69, 9.17) is 0 Å². The molecule has 2 aromatic rings. The molecule has 14 heavy (non-hydrogen) atoms. The van der Waals surface area contributed by atoms with E-state index in [1.807, 2.05) is 30.7 Å². The summed E-state index contributed by atoms with van der Waals surface area (Å²) in [5.74, 6) is 0.127. The van der Waals surface area contributed by atoms with Gasteiger partial charge >= 0.3 is 0 Å². The van der Waals surface area contributed by atoms with Crippen molar-refractivity contribution >= 4 is 0 Å². The van der Waals surface area contributed by atoms with Crippen LogP contribution in [0.15, 0.2) is 24.5 Å². The van der Waals surface area contributed by atoms with Gasteiger partial charge in [-0.3, -0.25) is 0 Å². The minimum absolute atomic E-state index is 0.417. The third kappa shape index (κ3) is 1.39. The van der Waals surface area contributed by atoms with Crippen molar-refractivity contribution in [2.75, 3.05) is 0 Å². The highest BCUT2D eigenvalue weighted by atomic mass is 19.1. The monoisotopic (exact) mass is 191 g/mol. The molecule has 0 saturated carbocycles. The first kappa shape index (κ1) is 8.87. The lowest BCUT2D eigenvalue weighted by molar-refractivity contribution is 0.614. The van der Waals surface area contributed by atoms with Gasteiger partial charge in [-0.1, -0.05) is 0 Å². The molecule has 2 heterocycles. The molecule has 0 amide bonds. The highest BCUT2D eigenvalue weighted by Gasteiger charge is 2.06. The maximum atomic E-state index is 12.6. The topological polar surface area (TPSA) is 30.7 Å². The molecule has 0 saturated heterocycles. The number of rotatable bonds is 1. The second-order valence-electron chi connectivity index (χ2n) is 3.14. The molecule has 2 aromatic heterocycles. The fourth-order valence-electron chi connectivity index (χ4n) is 1.28. The average molecular weight is 191 g/mol. The van der Waals surface area contributed by atoms with Crippen molar-refractivity contribution in [2.45, 2.75) is 6.92 Å². The summed E-state index contributed by atoms with van der Waals surface area (Å²) in [5, 5.41) is 0. The summed E-state index contributed by atoms with van der Waals surface area (Å²) < 4.78 is 14.5. The molecule has 2 rings (SSSR count). The van der Waals surface area contributed by atoms with Gasteiger partial charge in [0.15, 0.2) is 11.6 Å². The molecule has 0 fully saturated rings. The minimum Gasteiger partial charge on any atom is -0.345 e. The van der Waals surface area contributed by atoms with Gasteiger partial charge in [0.1, 0.15) is 0 Å². The number of hydrogen-bond donors (Lipinski definition) is 0. The Morgan fingerprint density at radius 3 is 2.36 bits per heavy atom. The second-order valence-corrected chi connectivity index (χ2v) is 3.14. The van der Waals surface area contributed by atoms with E-state index in [0.29, 0.717) is 5.82 Å². The Balaban J connectivity index is 2.49. The normalized spacial score (nSPS) is 10.5. The molecule has 0 radical (unpaired) electrons. The highest BCUT2D eigenvalue weighted by Crippen LogP contribution is 2.16. The maximum absolute atomic E-state index is 12.6. The van der Waals surface area contributed by atoms with Crippen molar-refractivity contribution in [1.29, 1.82) is 0 Å². The van der Waals surface area contributed by atoms with Crippen LogP contribution < -0.4 is 0 Å². The predicted octanol–water partition coefficient (Wildman–Crippen LogP) is 1.93. The molecule has 0 aliphatic rings. The molecule has 0 aliphatic carbocycles. The fraction of sp³-hybridized carbons (Fsp3) is 0.200. The molecule has 0 aromatic carbocycles. The first-order valence-corrected chi connectivity index (χ1v) is 4.29. The summed E-state index contributed by atoms with van der Waals surface area (Å²) in [6, 6.07) is 3.89. The van der Waals surface area contributed by atoms with Crippen molar-refractivity contribution in [3.8, 4) is 11.5 Å².